The first-order chi connectivity index (χ1) is 15.8. The lowest BCUT2D eigenvalue weighted by atomic mass is 10.1. The summed E-state index contributed by atoms with van der Waals surface area (Å²) in [5.74, 6) is 0.302. The Morgan fingerprint density at radius 2 is 1.82 bits per heavy atom. The number of anilines is 1. The van der Waals surface area contributed by atoms with Crippen LogP contribution in [-0.2, 0) is 26.1 Å². The van der Waals surface area contributed by atoms with Crippen LogP contribution in [0.4, 0.5) is 5.82 Å². The molecule has 1 N–H and O–H groups in total. The standard InChI is InChI=1S/C25H23N3O4S/c1-16-7-10-23(17(2)11-16)28-25(21-14-33(30,31)15-22(21)27-28)26-24(29)13-32-20-9-8-18-5-3-4-6-19(18)12-20/h3-12H,13-15H2,1-2H3,(H,26,29). The maximum Gasteiger partial charge on any atom is 0.263 e. The molecular weight excluding hydrogens is 438 g/mol. The SMILES string of the molecule is Cc1ccc(-n2nc3c(c2NC(=O)COc2ccc4ccccc4c2)CS(=O)(=O)C3)c(C)c1. The predicted octanol–water partition coefficient (Wildman–Crippen LogP) is 4.09. The minimum absolute atomic E-state index is 0.128. The monoisotopic (exact) mass is 461 g/mol. The molecule has 0 saturated carbocycles. The van der Waals surface area contributed by atoms with Crippen molar-refractivity contribution in [2.24, 2.45) is 0 Å². The van der Waals surface area contributed by atoms with Gasteiger partial charge in [0.15, 0.2) is 16.4 Å². The van der Waals surface area contributed by atoms with E-state index in [1.807, 2.05) is 74.5 Å². The van der Waals surface area contributed by atoms with Gasteiger partial charge in [0.25, 0.3) is 5.91 Å². The number of rotatable bonds is 5. The third kappa shape index (κ3) is 4.21. The van der Waals surface area contributed by atoms with E-state index < -0.39 is 9.84 Å². The Morgan fingerprint density at radius 1 is 1.03 bits per heavy atom. The number of nitrogens with one attached hydrogen (secondary N) is 1. The summed E-state index contributed by atoms with van der Waals surface area (Å²) in [6.07, 6.45) is 0. The number of aryl methyl sites for hydroxylation is 2. The van der Waals surface area contributed by atoms with Crippen LogP contribution in [0, 0.1) is 13.8 Å². The maximum absolute atomic E-state index is 12.8. The van der Waals surface area contributed by atoms with Crippen molar-refractivity contribution in [2.75, 3.05) is 11.9 Å². The third-order valence-corrected chi connectivity index (χ3v) is 7.16. The number of fused-ring (bicyclic) bond motifs is 2. The van der Waals surface area contributed by atoms with Crippen LogP contribution < -0.4 is 10.1 Å². The Hall–Kier alpha value is -3.65. The fourth-order valence-electron chi connectivity index (χ4n) is 4.16. The summed E-state index contributed by atoms with van der Waals surface area (Å²) in [5, 5.41) is 9.49. The first-order valence-corrected chi connectivity index (χ1v) is 12.4. The average molecular weight is 462 g/mol. The molecule has 0 spiro atoms. The number of hydrogen-bond donors (Lipinski definition) is 1. The van der Waals surface area contributed by atoms with Crippen LogP contribution in [0.2, 0.25) is 0 Å². The third-order valence-electron chi connectivity index (χ3n) is 5.72. The molecule has 4 aromatic rings. The van der Waals surface area contributed by atoms with Gasteiger partial charge in [0.1, 0.15) is 11.6 Å². The minimum Gasteiger partial charge on any atom is -0.484 e. The maximum atomic E-state index is 12.8. The molecule has 5 rings (SSSR count). The van der Waals surface area contributed by atoms with E-state index >= 15 is 0 Å². The summed E-state index contributed by atoms with van der Waals surface area (Å²) in [4.78, 5) is 12.8. The molecule has 0 bridgehead atoms. The molecule has 0 saturated heterocycles. The highest BCUT2D eigenvalue weighted by Crippen LogP contribution is 2.33. The smallest absolute Gasteiger partial charge is 0.263 e. The van der Waals surface area contributed by atoms with Crippen molar-refractivity contribution in [2.45, 2.75) is 25.4 Å². The first kappa shape index (κ1) is 21.2. The van der Waals surface area contributed by atoms with E-state index in [0.29, 0.717) is 22.8 Å². The fraction of sp³-hybridized carbons (Fsp3) is 0.200. The Labute approximate surface area is 191 Å². The lowest BCUT2D eigenvalue weighted by Gasteiger charge is -2.14. The van der Waals surface area contributed by atoms with Crippen molar-refractivity contribution in [3.8, 4) is 11.4 Å². The molecule has 0 radical (unpaired) electrons. The highest BCUT2D eigenvalue weighted by atomic mass is 32.2. The number of carbonyl (C=O) groups is 1. The van der Waals surface area contributed by atoms with E-state index in [9.17, 15) is 13.2 Å². The molecule has 2 heterocycles. The van der Waals surface area contributed by atoms with Gasteiger partial charge in [-0.25, -0.2) is 13.1 Å². The summed E-state index contributed by atoms with van der Waals surface area (Å²) >= 11 is 0. The molecule has 1 aliphatic rings. The summed E-state index contributed by atoms with van der Waals surface area (Å²) in [6.45, 7) is 3.75. The molecule has 0 fully saturated rings. The second kappa shape index (κ2) is 8.04. The van der Waals surface area contributed by atoms with Crippen molar-refractivity contribution >= 4 is 32.3 Å². The number of sulfone groups is 1. The summed E-state index contributed by atoms with van der Waals surface area (Å²) in [7, 11) is -3.27. The Kier molecular flexibility index (Phi) is 5.17. The normalized spacial score (nSPS) is 14.2. The molecule has 33 heavy (non-hydrogen) atoms. The quantitative estimate of drug-likeness (QED) is 0.484. The Bertz CT molecular complexity index is 1510. The van der Waals surface area contributed by atoms with E-state index in [2.05, 4.69) is 10.4 Å². The van der Waals surface area contributed by atoms with Crippen molar-refractivity contribution in [3.05, 3.63) is 83.0 Å². The van der Waals surface area contributed by atoms with Crippen LogP contribution in [0.15, 0.2) is 60.7 Å². The topological polar surface area (TPSA) is 90.3 Å². The van der Waals surface area contributed by atoms with Crippen molar-refractivity contribution in [3.63, 3.8) is 0 Å². The molecule has 0 atom stereocenters. The molecule has 168 valence electrons. The summed E-state index contributed by atoms with van der Waals surface area (Å²) < 4.78 is 31.7. The number of aromatic nitrogens is 2. The number of carbonyl (C=O) groups excluding carboxylic acids is 1. The largest absolute Gasteiger partial charge is 0.484 e. The first-order valence-electron chi connectivity index (χ1n) is 10.6. The zero-order valence-electron chi connectivity index (χ0n) is 18.3. The Morgan fingerprint density at radius 3 is 2.61 bits per heavy atom. The van der Waals surface area contributed by atoms with Crippen molar-refractivity contribution in [1.29, 1.82) is 0 Å². The Balaban J connectivity index is 1.41. The fourth-order valence-corrected chi connectivity index (χ4v) is 5.66. The van der Waals surface area contributed by atoms with Gasteiger partial charge in [-0.05, 0) is 48.4 Å². The van der Waals surface area contributed by atoms with Crippen molar-refractivity contribution in [1.82, 2.24) is 9.78 Å². The number of amides is 1. The van der Waals surface area contributed by atoms with Crippen LogP contribution in [0.1, 0.15) is 22.4 Å². The molecular formula is C25H23N3O4S. The lowest BCUT2D eigenvalue weighted by molar-refractivity contribution is -0.118. The van der Waals surface area contributed by atoms with Gasteiger partial charge in [-0.1, -0.05) is 48.0 Å². The molecule has 1 aliphatic heterocycles. The zero-order chi connectivity index (χ0) is 23.2. The van der Waals surface area contributed by atoms with Gasteiger partial charge in [0.05, 0.1) is 22.9 Å². The van der Waals surface area contributed by atoms with Gasteiger partial charge in [-0.3, -0.25) is 4.79 Å². The van der Waals surface area contributed by atoms with E-state index in [0.717, 1.165) is 27.6 Å². The molecule has 7 nitrogen and oxygen atoms in total. The van der Waals surface area contributed by atoms with Crippen molar-refractivity contribution < 1.29 is 17.9 Å². The number of ether oxygens (including phenoxy) is 1. The molecule has 0 aliphatic carbocycles. The van der Waals surface area contributed by atoms with Crippen LogP contribution in [0.25, 0.3) is 16.5 Å². The second-order valence-electron chi connectivity index (χ2n) is 8.35. The average Bonchev–Trinajstić information content (AvgIpc) is 3.24. The molecule has 1 aromatic heterocycles. The van der Waals surface area contributed by atoms with E-state index in [-0.39, 0.29) is 24.0 Å². The second-order valence-corrected chi connectivity index (χ2v) is 10.4. The van der Waals surface area contributed by atoms with Gasteiger partial charge in [0.2, 0.25) is 0 Å². The lowest BCUT2D eigenvalue weighted by Crippen LogP contribution is -2.23. The van der Waals surface area contributed by atoms with Gasteiger partial charge in [-0.2, -0.15) is 5.10 Å². The van der Waals surface area contributed by atoms with Gasteiger partial charge in [-0.15, -0.1) is 0 Å². The molecule has 8 heteroatoms. The number of hydrogen-bond acceptors (Lipinski definition) is 5. The summed E-state index contributed by atoms with van der Waals surface area (Å²) in [6, 6.07) is 19.4. The molecule has 1 amide bonds. The predicted molar refractivity (Wildman–Crippen MR) is 127 cm³/mol. The minimum atomic E-state index is -3.27. The van der Waals surface area contributed by atoms with Crippen LogP contribution in [0.3, 0.4) is 0 Å². The van der Waals surface area contributed by atoms with Gasteiger partial charge < -0.3 is 10.1 Å². The molecule has 3 aromatic carbocycles. The number of benzene rings is 3. The van der Waals surface area contributed by atoms with Gasteiger partial charge >= 0.3 is 0 Å². The zero-order valence-corrected chi connectivity index (χ0v) is 19.1. The van der Waals surface area contributed by atoms with Gasteiger partial charge in [0, 0.05) is 5.56 Å². The van der Waals surface area contributed by atoms with Crippen LogP contribution >= 0.6 is 0 Å². The highest BCUT2D eigenvalue weighted by molar-refractivity contribution is 7.90. The highest BCUT2D eigenvalue weighted by Gasteiger charge is 2.33. The molecule has 0 unspecified atom stereocenters. The van der Waals surface area contributed by atoms with E-state index in [1.165, 1.54) is 0 Å². The van der Waals surface area contributed by atoms with Crippen LogP contribution in [0.5, 0.6) is 5.75 Å². The summed E-state index contributed by atoms with van der Waals surface area (Å²) in [5.41, 5.74) is 3.88. The van der Waals surface area contributed by atoms with Crippen LogP contribution in [-0.4, -0.2) is 30.7 Å². The van der Waals surface area contributed by atoms with E-state index in [1.54, 1.807) is 4.68 Å². The van der Waals surface area contributed by atoms with E-state index in [4.69, 9.17) is 4.74 Å². The number of nitrogens with zero attached hydrogens (tertiary/aromatic N) is 2.